The molecular formula is C26H30F3N7O2. The van der Waals surface area contributed by atoms with Crippen molar-refractivity contribution in [2.45, 2.75) is 6.18 Å². The van der Waals surface area contributed by atoms with E-state index in [-0.39, 0.29) is 11.9 Å². The fourth-order valence-electron chi connectivity index (χ4n) is 3.41. The van der Waals surface area contributed by atoms with Gasteiger partial charge in [0.15, 0.2) is 0 Å². The van der Waals surface area contributed by atoms with E-state index in [1.165, 1.54) is 31.5 Å². The summed E-state index contributed by atoms with van der Waals surface area (Å²) in [6, 6.07) is 9.70. The third-order valence-electron chi connectivity index (χ3n) is 5.44. The summed E-state index contributed by atoms with van der Waals surface area (Å²) in [6.07, 6.45) is -1.73. The lowest BCUT2D eigenvalue weighted by Crippen LogP contribution is -2.29. The van der Waals surface area contributed by atoms with Crippen molar-refractivity contribution in [1.82, 2.24) is 14.9 Å². The van der Waals surface area contributed by atoms with Crippen molar-refractivity contribution in [1.29, 1.82) is 0 Å². The molecule has 2 aromatic carbocycles. The minimum absolute atomic E-state index is 0.204. The van der Waals surface area contributed by atoms with Gasteiger partial charge in [-0.05, 0) is 56.6 Å². The third kappa shape index (κ3) is 7.59. The number of halogens is 3. The molecule has 1 heterocycles. The van der Waals surface area contributed by atoms with E-state index in [1.54, 1.807) is 18.2 Å². The zero-order valence-electron chi connectivity index (χ0n) is 21.6. The van der Waals surface area contributed by atoms with Crippen LogP contribution in [0.3, 0.4) is 0 Å². The lowest BCUT2D eigenvalue weighted by molar-refractivity contribution is -0.137. The molecule has 3 aromatic rings. The van der Waals surface area contributed by atoms with Gasteiger partial charge in [0.1, 0.15) is 11.6 Å². The summed E-state index contributed by atoms with van der Waals surface area (Å²) in [5, 5.41) is 8.87. The summed E-state index contributed by atoms with van der Waals surface area (Å²) in [5.41, 5.74) is 1.44. The second kappa shape index (κ2) is 12.3. The summed E-state index contributed by atoms with van der Waals surface area (Å²) in [6.45, 7) is 5.01. The predicted octanol–water partition coefficient (Wildman–Crippen LogP) is 5.11. The predicted molar refractivity (Wildman–Crippen MR) is 144 cm³/mol. The van der Waals surface area contributed by atoms with Gasteiger partial charge in [0.05, 0.1) is 29.7 Å². The molecule has 0 fully saturated rings. The van der Waals surface area contributed by atoms with E-state index in [4.69, 9.17) is 4.74 Å². The fraction of sp³-hybridized carbons (Fsp3) is 0.269. The van der Waals surface area contributed by atoms with Gasteiger partial charge in [-0.15, -0.1) is 0 Å². The molecule has 0 spiro atoms. The molecule has 1 amide bonds. The van der Waals surface area contributed by atoms with Gasteiger partial charge in [-0.3, -0.25) is 4.79 Å². The van der Waals surface area contributed by atoms with Crippen LogP contribution in [-0.2, 0) is 11.0 Å². The third-order valence-corrected chi connectivity index (χ3v) is 5.44. The fourth-order valence-corrected chi connectivity index (χ4v) is 3.41. The van der Waals surface area contributed by atoms with Gasteiger partial charge in [0.25, 0.3) is 0 Å². The number of methoxy groups -OCH3 is 1. The molecule has 12 heteroatoms. The number of benzene rings is 2. The van der Waals surface area contributed by atoms with Gasteiger partial charge in [-0.2, -0.15) is 18.2 Å². The molecule has 0 unspecified atom stereocenters. The van der Waals surface area contributed by atoms with Crippen LogP contribution in [0.2, 0.25) is 0 Å². The second-order valence-corrected chi connectivity index (χ2v) is 8.58. The normalized spacial score (nSPS) is 11.2. The quantitative estimate of drug-likeness (QED) is 0.295. The summed E-state index contributed by atoms with van der Waals surface area (Å²) in [4.78, 5) is 24.8. The van der Waals surface area contributed by atoms with Gasteiger partial charge in [0.2, 0.25) is 11.9 Å². The van der Waals surface area contributed by atoms with Crippen molar-refractivity contribution in [2.75, 3.05) is 62.2 Å². The molecule has 0 bridgehead atoms. The largest absolute Gasteiger partial charge is 0.494 e. The van der Waals surface area contributed by atoms with E-state index in [1.807, 2.05) is 26.0 Å². The second-order valence-electron chi connectivity index (χ2n) is 8.58. The molecule has 0 aliphatic heterocycles. The van der Waals surface area contributed by atoms with E-state index in [0.717, 1.165) is 24.4 Å². The lowest BCUT2D eigenvalue weighted by Gasteiger charge is -2.26. The maximum Gasteiger partial charge on any atom is 0.416 e. The average Bonchev–Trinajstić information content (AvgIpc) is 2.87. The topological polar surface area (TPSA) is 94.6 Å². The number of nitrogens with one attached hydrogen (secondary N) is 3. The number of anilines is 6. The van der Waals surface area contributed by atoms with Gasteiger partial charge >= 0.3 is 6.18 Å². The van der Waals surface area contributed by atoms with Crippen LogP contribution in [-0.4, -0.2) is 62.1 Å². The van der Waals surface area contributed by atoms with Crippen LogP contribution in [0, 0.1) is 0 Å². The van der Waals surface area contributed by atoms with E-state index >= 15 is 0 Å². The lowest BCUT2D eigenvalue weighted by atomic mass is 10.2. The van der Waals surface area contributed by atoms with Crippen molar-refractivity contribution < 1.29 is 22.7 Å². The molecule has 1 aromatic heterocycles. The number of rotatable bonds is 11. The standard InChI is InChI=1S/C26H30F3N7O2/c1-6-24(37)32-19-15-20(22(38-5)16-21(19)36(4)14-13-35(2)3)33-25-30-12-11-23(34-25)31-18-9-7-17(8-10-18)26(27,28)29/h6-12,15-16H,1,13-14H2,2-5H3,(H,32,37)(H2,30,31,33,34). The molecule has 3 N–H and O–H groups in total. The van der Waals surface area contributed by atoms with Gasteiger partial charge < -0.3 is 30.5 Å². The first-order valence-corrected chi connectivity index (χ1v) is 11.6. The number of nitrogens with zero attached hydrogens (tertiary/aromatic N) is 4. The van der Waals surface area contributed by atoms with Crippen molar-refractivity contribution >= 4 is 40.4 Å². The Kier molecular flexibility index (Phi) is 9.13. The van der Waals surface area contributed by atoms with E-state index in [2.05, 4.69) is 37.4 Å². The average molecular weight is 530 g/mol. The molecule has 0 saturated carbocycles. The Balaban J connectivity index is 1.87. The van der Waals surface area contributed by atoms with Crippen LogP contribution in [0.5, 0.6) is 5.75 Å². The van der Waals surface area contributed by atoms with Gasteiger partial charge in [0, 0.05) is 38.1 Å². The molecule has 0 saturated heterocycles. The summed E-state index contributed by atoms with van der Waals surface area (Å²) < 4.78 is 44.1. The number of ether oxygens (including phenoxy) is 1. The van der Waals surface area contributed by atoms with Crippen LogP contribution < -0.4 is 25.6 Å². The number of likely N-dealkylation sites (N-methyl/N-ethyl adjacent to an activating group) is 2. The van der Waals surface area contributed by atoms with Gasteiger partial charge in [-0.25, -0.2) is 4.98 Å². The number of aromatic nitrogens is 2. The molecular weight excluding hydrogens is 499 g/mol. The number of carbonyl (C=O) groups excluding carboxylic acids is 1. The van der Waals surface area contributed by atoms with Crippen LogP contribution in [0.25, 0.3) is 0 Å². The Labute approximate surface area is 219 Å². The maximum atomic E-state index is 12.8. The molecule has 38 heavy (non-hydrogen) atoms. The summed E-state index contributed by atoms with van der Waals surface area (Å²) >= 11 is 0. The number of hydrogen-bond acceptors (Lipinski definition) is 8. The van der Waals surface area contributed by atoms with E-state index in [9.17, 15) is 18.0 Å². The van der Waals surface area contributed by atoms with Crippen molar-refractivity contribution in [2.24, 2.45) is 0 Å². The van der Waals surface area contributed by atoms with Crippen molar-refractivity contribution in [3.05, 3.63) is 66.9 Å². The Morgan fingerprint density at radius 3 is 2.37 bits per heavy atom. The molecule has 0 aliphatic rings. The zero-order chi connectivity index (χ0) is 27.9. The number of hydrogen-bond donors (Lipinski definition) is 3. The highest BCUT2D eigenvalue weighted by molar-refractivity contribution is 6.02. The highest BCUT2D eigenvalue weighted by Gasteiger charge is 2.30. The molecule has 0 aliphatic carbocycles. The summed E-state index contributed by atoms with van der Waals surface area (Å²) in [7, 11) is 7.38. The first-order valence-electron chi connectivity index (χ1n) is 11.6. The summed E-state index contributed by atoms with van der Waals surface area (Å²) in [5.74, 6) is 0.678. The Morgan fingerprint density at radius 1 is 1.05 bits per heavy atom. The minimum atomic E-state index is -4.41. The molecule has 9 nitrogen and oxygen atoms in total. The van der Waals surface area contributed by atoms with Crippen LogP contribution in [0.4, 0.5) is 47.7 Å². The SMILES string of the molecule is C=CC(=O)Nc1cc(Nc2nccc(Nc3ccc(C(F)(F)F)cc3)n2)c(OC)cc1N(C)CCN(C)C. The highest BCUT2D eigenvalue weighted by atomic mass is 19.4. The molecule has 0 radical (unpaired) electrons. The number of alkyl halides is 3. The highest BCUT2D eigenvalue weighted by Crippen LogP contribution is 2.38. The molecule has 202 valence electrons. The molecule has 0 atom stereocenters. The Hall–Kier alpha value is -4.32. The van der Waals surface area contributed by atoms with Crippen LogP contribution in [0.15, 0.2) is 61.3 Å². The number of carbonyl (C=O) groups is 1. The monoisotopic (exact) mass is 529 g/mol. The van der Waals surface area contributed by atoms with Crippen LogP contribution in [0.1, 0.15) is 5.56 Å². The van der Waals surface area contributed by atoms with Gasteiger partial charge in [-0.1, -0.05) is 6.58 Å². The Bertz CT molecular complexity index is 1260. The first-order chi connectivity index (χ1) is 18.0. The smallest absolute Gasteiger partial charge is 0.416 e. The minimum Gasteiger partial charge on any atom is -0.494 e. The van der Waals surface area contributed by atoms with Crippen LogP contribution >= 0.6 is 0 Å². The first kappa shape index (κ1) is 28.3. The zero-order valence-corrected chi connectivity index (χ0v) is 21.6. The van der Waals surface area contributed by atoms with E-state index < -0.39 is 11.7 Å². The van der Waals surface area contributed by atoms with Crippen molar-refractivity contribution in [3.8, 4) is 5.75 Å². The van der Waals surface area contributed by atoms with E-state index in [0.29, 0.717) is 35.2 Å². The van der Waals surface area contributed by atoms with Crippen molar-refractivity contribution in [3.63, 3.8) is 0 Å². The number of amides is 1. The Morgan fingerprint density at radius 2 is 1.76 bits per heavy atom. The maximum absolute atomic E-state index is 12.8. The molecule has 3 rings (SSSR count).